The molecule has 1 saturated heterocycles. The number of anilines is 1. The lowest BCUT2D eigenvalue weighted by Crippen LogP contribution is -2.15. The van der Waals surface area contributed by atoms with Gasteiger partial charge in [-0.25, -0.2) is 0 Å². The lowest BCUT2D eigenvalue weighted by molar-refractivity contribution is 0.102. The number of nitrogens with zero attached hydrogens (tertiary/aromatic N) is 1. The van der Waals surface area contributed by atoms with E-state index in [0.29, 0.717) is 12.2 Å². The number of carbonyl (C=O) groups excluding carboxylic acids is 1. The molecule has 1 atom stereocenters. The number of amides is 1. The van der Waals surface area contributed by atoms with Crippen molar-refractivity contribution in [3.8, 4) is 11.1 Å². The molecular formula is C18H17N3O2S. The highest BCUT2D eigenvalue weighted by Crippen LogP contribution is 2.27. The van der Waals surface area contributed by atoms with Gasteiger partial charge in [0.1, 0.15) is 0 Å². The summed E-state index contributed by atoms with van der Waals surface area (Å²) in [5.74, 6) is 0.0724. The van der Waals surface area contributed by atoms with Crippen LogP contribution in [-0.4, -0.2) is 29.3 Å². The Morgan fingerprint density at radius 1 is 1.25 bits per heavy atom. The molecule has 1 aliphatic heterocycles. The van der Waals surface area contributed by atoms with Gasteiger partial charge in [-0.2, -0.15) is 16.4 Å². The number of H-pyrrole nitrogens is 1. The van der Waals surface area contributed by atoms with Gasteiger partial charge in [-0.05, 0) is 46.5 Å². The summed E-state index contributed by atoms with van der Waals surface area (Å²) in [7, 11) is 0. The van der Waals surface area contributed by atoms with Gasteiger partial charge in [0, 0.05) is 18.2 Å². The van der Waals surface area contributed by atoms with Gasteiger partial charge < -0.3 is 10.1 Å². The van der Waals surface area contributed by atoms with Crippen molar-refractivity contribution in [2.75, 3.05) is 18.5 Å². The maximum absolute atomic E-state index is 12.6. The minimum Gasteiger partial charge on any atom is -0.381 e. The molecular weight excluding hydrogens is 322 g/mol. The molecule has 3 aromatic rings. The van der Waals surface area contributed by atoms with Crippen molar-refractivity contribution in [3.05, 3.63) is 58.5 Å². The van der Waals surface area contributed by atoms with Crippen molar-refractivity contribution >= 4 is 22.9 Å². The Labute approximate surface area is 143 Å². The fourth-order valence-electron chi connectivity index (χ4n) is 2.92. The molecule has 0 aliphatic carbocycles. The molecule has 1 aromatic carbocycles. The average Bonchev–Trinajstić information content (AvgIpc) is 3.35. The smallest absolute Gasteiger partial charge is 0.259 e. The summed E-state index contributed by atoms with van der Waals surface area (Å²) in [6, 6.07) is 9.95. The first-order chi connectivity index (χ1) is 11.8. The van der Waals surface area contributed by atoms with Gasteiger partial charge in [-0.3, -0.25) is 9.89 Å². The van der Waals surface area contributed by atoms with E-state index >= 15 is 0 Å². The van der Waals surface area contributed by atoms with Crippen LogP contribution < -0.4 is 5.32 Å². The van der Waals surface area contributed by atoms with E-state index in [2.05, 4.69) is 32.3 Å². The Morgan fingerprint density at radius 2 is 2.12 bits per heavy atom. The van der Waals surface area contributed by atoms with Crippen LogP contribution in [0.4, 0.5) is 5.69 Å². The van der Waals surface area contributed by atoms with Gasteiger partial charge in [-0.1, -0.05) is 12.1 Å². The van der Waals surface area contributed by atoms with E-state index in [4.69, 9.17) is 4.74 Å². The van der Waals surface area contributed by atoms with Gasteiger partial charge in [0.25, 0.3) is 5.91 Å². The third kappa shape index (κ3) is 2.98. The zero-order valence-corrected chi connectivity index (χ0v) is 13.8. The highest BCUT2D eigenvalue weighted by atomic mass is 32.1. The quantitative estimate of drug-likeness (QED) is 0.758. The van der Waals surface area contributed by atoms with Gasteiger partial charge in [0.15, 0.2) is 0 Å². The van der Waals surface area contributed by atoms with Crippen molar-refractivity contribution in [2.45, 2.75) is 12.3 Å². The van der Waals surface area contributed by atoms with E-state index in [-0.39, 0.29) is 11.8 Å². The molecule has 0 spiro atoms. The second-order valence-corrected chi connectivity index (χ2v) is 6.58. The summed E-state index contributed by atoms with van der Waals surface area (Å²) < 4.78 is 5.40. The molecule has 1 fully saturated rings. The number of nitrogens with one attached hydrogen (secondary N) is 2. The van der Waals surface area contributed by atoms with Gasteiger partial charge in [0.05, 0.1) is 24.1 Å². The Hall–Kier alpha value is -2.44. The minimum atomic E-state index is -0.145. The number of aromatic nitrogens is 2. The highest BCUT2D eigenvalue weighted by Gasteiger charge is 2.25. The number of aromatic amines is 1. The molecule has 122 valence electrons. The Balaban J connectivity index is 1.49. The molecule has 5 nitrogen and oxygen atoms in total. The molecule has 1 amide bonds. The lowest BCUT2D eigenvalue weighted by Gasteiger charge is -2.09. The molecule has 3 heterocycles. The number of hydrogen-bond acceptors (Lipinski definition) is 4. The van der Waals surface area contributed by atoms with E-state index < -0.39 is 0 Å². The number of hydrogen-bond donors (Lipinski definition) is 2. The zero-order valence-electron chi connectivity index (χ0n) is 13.0. The van der Waals surface area contributed by atoms with Crippen LogP contribution in [0.25, 0.3) is 11.1 Å². The lowest BCUT2D eigenvalue weighted by atomic mass is 10.0. The summed E-state index contributed by atoms with van der Waals surface area (Å²) >= 11 is 1.67. The molecule has 0 saturated carbocycles. The van der Waals surface area contributed by atoms with Crippen LogP contribution in [0.2, 0.25) is 0 Å². The van der Waals surface area contributed by atoms with E-state index in [1.807, 2.05) is 24.3 Å². The maximum Gasteiger partial charge on any atom is 0.259 e. The van der Waals surface area contributed by atoms with Crippen molar-refractivity contribution in [3.63, 3.8) is 0 Å². The first-order valence-corrected chi connectivity index (χ1v) is 8.80. The second kappa shape index (κ2) is 6.59. The summed E-state index contributed by atoms with van der Waals surface area (Å²) in [4.78, 5) is 12.6. The largest absolute Gasteiger partial charge is 0.381 e. The van der Waals surface area contributed by atoms with Crippen LogP contribution >= 0.6 is 11.3 Å². The van der Waals surface area contributed by atoms with Gasteiger partial charge in [-0.15, -0.1) is 0 Å². The van der Waals surface area contributed by atoms with Crippen molar-refractivity contribution in [2.24, 2.45) is 0 Å². The molecule has 24 heavy (non-hydrogen) atoms. The van der Waals surface area contributed by atoms with Crippen LogP contribution in [0.3, 0.4) is 0 Å². The molecule has 1 aliphatic rings. The SMILES string of the molecule is O=C(Nc1ccc(-c2ccsc2)cc1)c1cn[nH]c1[C@@H]1CCOC1. The first-order valence-electron chi connectivity index (χ1n) is 7.86. The monoisotopic (exact) mass is 339 g/mol. The number of ether oxygens (including phenoxy) is 1. The molecule has 0 unspecified atom stereocenters. The van der Waals surface area contributed by atoms with Crippen molar-refractivity contribution < 1.29 is 9.53 Å². The van der Waals surface area contributed by atoms with E-state index in [9.17, 15) is 4.79 Å². The van der Waals surface area contributed by atoms with Crippen LogP contribution in [-0.2, 0) is 4.74 Å². The molecule has 2 aromatic heterocycles. The maximum atomic E-state index is 12.6. The van der Waals surface area contributed by atoms with Gasteiger partial charge in [0.2, 0.25) is 0 Å². The normalized spacial score (nSPS) is 17.1. The molecule has 6 heteroatoms. The topological polar surface area (TPSA) is 67.0 Å². The van der Waals surface area contributed by atoms with Gasteiger partial charge >= 0.3 is 0 Å². The highest BCUT2D eigenvalue weighted by molar-refractivity contribution is 7.08. The summed E-state index contributed by atoms with van der Waals surface area (Å²) in [5.41, 5.74) is 4.55. The number of rotatable bonds is 4. The van der Waals surface area contributed by atoms with E-state index in [1.54, 1.807) is 17.5 Å². The second-order valence-electron chi connectivity index (χ2n) is 5.80. The van der Waals surface area contributed by atoms with Crippen LogP contribution in [0.1, 0.15) is 28.4 Å². The van der Waals surface area contributed by atoms with E-state index in [1.165, 1.54) is 5.56 Å². The van der Waals surface area contributed by atoms with Crippen molar-refractivity contribution in [1.29, 1.82) is 0 Å². The number of thiophene rings is 1. The van der Waals surface area contributed by atoms with Crippen LogP contribution in [0, 0.1) is 0 Å². The number of benzene rings is 1. The Bertz CT molecular complexity index is 818. The fraction of sp³-hybridized carbons (Fsp3) is 0.222. The summed E-state index contributed by atoms with van der Waals surface area (Å²) in [6.45, 7) is 1.37. The van der Waals surface area contributed by atoms with Crippen LogP contribution in [0.15, 0.2) is 47.3 Å². The third-order valence-electron chi connectivity index (χ3n) is 4.25. The predicted molar refractivity (Wildman–Crippen MR) is 94.5 cm³/mol. The fourth-order valence-corrected chi connectivity index (χ4v) is 3.59. The molecule has 0 radical (unpaired) electrons. The first kappa shape index (κ1) is 15.1. The zero-order chi connectivity index (χ0) is 16.4. The predicted octanol–water partition coefficient (Wildman–Crippen LogP) is 3.89. The number of carbonyl (C=O) groups is 1. The van der Waals surface area contributed by atoms with E-state index in [0.717, 1.165) is 30.0 Å². The Kier molecular flexibility index (Phi) is 4.15. The molecule has 2 N–H and O–H groups in total. The van der Waals surface area contributed by atoms with Crippen molar-refractivity contribution in [1.82, 2.24) is 10.2 Å². The molecule has 4 rings (SSSR count). The molecule has 0 bridgehead atoms. The third-order valence-corrected chi connectivity index (χ3v) is 4.93. The minimum absolute atomic E-state index is 0.145. The summed E-state index contributed by atoms with van der Waals surface area (Å²) in [5, 5.41) is 14.1. The van der Waals surface area contributed by atoms with Crippen LogP contribution in [0.5, 0.6) is 0 Å². The average molecular weight is 339 g/mol. The Morgan fingerprint density at radius 3 is 2.83 bits per heavy atom. The standard InChI is InChI=1S/C18H17N3O2S/c22-18(16-9-19-21-17(16)13-5-7-23-10-13)20-15-3-1-12(2-4-15)14-6-8-24-11-14/h1-4,6,8-9,11,13H,5,7,10H2,(H,19,21)(H,20,22)/t13-/m1/s1. The summed E-state index contributed by atoms with van der Waals surface area (Å²) in [6.07, 6.45) is 2.50.